The number of benzene rings is 3. The van der Waals surface area contributed by atoms with Crippen LogP contribution in [0.2, 0.25) is 0 Å². The highest BCUT2D eigenvalue weighted by atomic mass is 16.6. The van der Waals surface area contributed by atoms with Crippen LogP contribution in [0.25, 0.3) is 5.76 Å². The summed E-state index contributed by atoms with van der Waals surface area (Å²) >= 11 is 0. The highest BCUT2D eigenvalue weighted by Crippen LogP contribution is 2.43. The van der Waals surface area contributed by atoms with Gasteiger partial charge in [-0.1, -0.05) is 31.2 Å². The quantitative estimate of drug-likeness (QED) is 0.155. The summed E-state index contributed by atoms with van der Waals surface area (Å²) in [6, 6.07) is 17.8. The van der Waals surface area contributed by atoms with Gasteiger partial charge in [0.25, 0.3) is 17.4 Å². The summed E-state index contributed by atoms with van der Waals surface area (Å²) in [4.78, 5) is 38.5. The zero-order valence-electron chi connectivity index (χ0n) is 19.7. The summed E-state index contributed by atoms with van der Waals surface area (Å²) < 4.78 is 10.9. The molecule has 0 radical (unpaired) electrons. The number of carbonyl (C=O) groups is 2. The van der Waals surface area contributed by atoms with Gasteiger partial charge in [-0.05, 0) is 48.4 Å². The average molecular weight is 488 g/mol. The van der Waals surface area contributed by atoms with Crippen molar-refractivity contribution in [1.29, 1.82) is 0 Å². The van der Waals surface area contributed by atoms with E-state index < -0.39 is 28.4 Å². The van der Waals surface area contributed by atoms with Gasteiger partial charge in [0.2, 0.25) is 0 Å². The number of hydrogen-bond acceptors (Lipinski definition) is 7. The van der Waals surface area contributed by atoms with Crippen molar-refractivity contribution in [3.05, 3.63) is 99.6 Å². The van der Waals surface area contributed by atoms with Crippen molar-refractivity contribution in [2.24, 2.45) is 0 Å². The standard InChI is InChI=1S/C27H24N2O7/c1-3-14-36-22-9-5-6-17(16-22)24-23(25(30)18-7-4-8-20(15-18)29(33)34)26(31)27(32)28(24)19-10-12-21(35-2)13-11-19/h4-13,15-16,24,30H,3,14H2,1-2H3/b25-23-. The maximum atomic E-state index is 13.3. The van der Waals surface area contributed by atoms with Crippen LogP contribution >= 0.6 is 0 Å². The summed E-state index contributed by atoms with van der Waals surface area (Å²) in [5.74, 6) is -1.13. The predicted octanol–water partition coefficient (Wildman–Crippen LogP) is 5.02. The maximum Gasteiger partial charge on any atom is 0.300 e. The highest BCUT2D eigenvalue weighted by Gasteiger charge is 2.47. The molecular formula is C27H24N2O7. The molecule has 1 aliphatic heterocycles. The van der Waals surface area contributed by atoms with Crippen LogP contribution < -0.4 is 14.4 Å². The molecular weight excluding hydrogens is 464 g/mol. The van der Waals surface area contributed by atoms with Gasteiger partial charge in [0.1, 0.15) is 17.3 Å². The Bertz CT molecular complexity index is 1350. The first-order valence-electron chi connectivity index (χ1n) is 11.3. The number of aliphatic hydroxyl groups is 1. The molecule has 0 aromatic heterocycles. The van der Waals surface area contributed by atoms with Crippen molar-refractivity contribution in [3.8, 4) is 11.5 Å². The van der Waals surface area contributed by atoms with Crippen LogP contribution in [0.15, 0.2) is 78.4 Å². The SMILES string of the molecule is CCCOc1cccc(C2/C(=C(/O)c3cccc([N+](=O)[O-])c3)C(=O)C(=O)N2c2ccc(OC)cc2)c1. The molecule has 0 aliphatic carbocycles. The minimum atomic E-state index is -0.997. The Hall–Kier alpha value is -4.66. The third kappa shape index (κ3) is 4.63. The number of aliphatic hydroxyl groups excluding tert-OH is 1. The van der Waals surface area contributed by atoms with Crippen molar-refractivity contribution in [2.45, 2.75) is 19.4 Å². The fourth-order valence-electron chi connectivity index (χ4n) is 4.07. The van der Waals surface area contributed by atoms with Crippen molar-refractivity contribution >= 4 is 28.8 Å². The second kappa shape index (κ2) is 10.3. The number of methoxy groups -OCH3 is 1. The molecule has 36 heavy (non-hydrogen) atoms. The molecule has 9 nitrogen and oxygen atoms in total. The second-order valence-corrected chi connectivity index (χ2v) is 8.10. The number of ether oxygens (including phenoxy) is 2. The molecule has 1 atom stereocenters. The molecule has 1 aliphatic rings. The highest BCUT2D eigenvalue weighted by molar-refractivity contribution is 6.51. The van der Waals surface area contributed by atoms with Crippen molar-refractivity contribution < 1.29 is 29.1 Å². The Morgan fingerprint density at radius 2 is 1.75 bits per heavy atom. The van der Waals surface area contributed by atoms with Gasteiger partial charge in [-0.3, -0.25) is 24.6 Å². The number of Topliss-reactive ketones (excluding diaryl/α,β-unsaturated/α-hetero) is 1. The van der Waals surface area contributed by atoms with Crippen LogP contribution in [0, 0.1) is 10.1 Å². The summed E-state index contributed by atoms with van der Waals surface area (Å²) in [6.07, 6.45) is 0.793. The zero-order valence-corrected chi connectivity index (χ0v) is 19.7. The van der Waals surface area contributed by atoms with Gasteiger partial charge in [-0.2, -0.15) is 0 Å². The minimum absolute atomic E-state index is 0.0559. The number of rotatable bonds is 8. The number of ketones is 1. The number of nitro benzene ring substituents is 1. The molecule has 0 saturated carbocycles. The third-order valence-electron chi connectivity index (χ3n) is 5.77. The van der Waals surface area contributed by atoms with Gasteiger partial charge in [0.15, 0.2) is 0 Å². The van der Waals surface area contributed by atoms with Crippen molar-refractivity contribution in [2.75, 3.05) is 18.6 Å². The molecule has 0 spiro atoms. The molecule has 1 unspecified atom stereocenters. The first-order chi connectivity index (χ1) is 17.3. The number of carbonyl (C=O) groups excluding carboxylic acids is 2. The Labute approximate surface area is 207 Å². The fourth-order valence-corrected chi connectivity index (χ4v) is 4.07. The van der Waals surface area contributed by atoms with Gasteiger partial charge >= 0.3 is 0 Å². The first kappa shape index (κ1) is 24.5. The lowest BCUT2D eigenvalue weighted by molar-refractivity contribution is -0.384. The van der Waals surface area contributed by atoms with Gasteiger partial charge in [-0.15, -0.1) is 0 Å². The predicted molar refractivity (Wildman–Crippen MR) is 133 cm³/mol. The topological polar surface area (TPSA) is 119 Å². The summed E-state index contributed by atoms with van der Waals surface area (Å²) in [7, 11) is 1.52. The molecule has 4 rings (SSSR count). The summed E-state index contributed by atoms with van der Waals surface area (Å²) in [5.41, 5.74) is 0.575. The number of anilines is 1. The number of nitro groups is 1. The van der Waals surface area contributed by atoms with Gasteiger partial charge in [-0.25, -0.2) is 0 Å². The zero-order chi connectivity index (χ0) is 25.8. The normalized spacial score (nSPS) is 16.7. The Morgan fingerprint density at radius 1 is 1.03 bits per heavy atom. The summed E-state index contributed by atoms with van der Waals surface area (Å²) in [5, 5.41) is 22.5. The molecule has 3 aromatic carbocycles. The van der Waals surface area contributed by atoms with Crippen LogP contribution in [0.3, 0.4) is 0 Å². The fraction of sp³-hybridized carbons (Fsp3) is 0.185. The van der Waals surface area contributed by atoms with E-state index in [2.05, 4.69) is 0 Å². The van der Waals surface area contributed by atoms with Crippen LogP contribution in [0.1, 0.15) is 30.5 Å². The first-order valence-corrected chi connectivity index (χ1v) is 11.3. The van der Waals surface area contributed by atoms with E-state index in [1.54, 1.807) is 48.5 Å². The molecule has 0 bridgehead atoms. The lowest BCUT2D eigenvalue weighted by Crippen LogP contribution is -2.29. The lowest BCUT2D eigenvalue weighted by atomic mass is 9.95. The third-order valence-corrected chi connectivity index (χ3v) is 5.77. The van der Waals surface area contributed by atoms with E-state index in [1.807, 2.05) is 6.92 Å². The molecule has 3 aromatic rings. The van der Waals surface area contributed by atoms with Crippen molar-refractivity contribution in [1.82, 2.24) is 0 Å². The molecule has 184 valence electrons. The Kier molecular flexibility index (Phi) is 7.00. The molecule has 1 N–H and O–H groups in total. The van der Waals surface area contributed by atoms with E-state index in [0.717, 1.165) is 12.5 Å². The molecule has 1 amide bonds. The molecule has 1 heterocycles. The molecule has 1 fully saturated rings. The average Bonchev–Trinajstić information content (AvgIpc) is 3.17. The monoisotopic (exact) mass is 488 g/mol. The maximum absolute atomic E-state index is 13.3. The van der Waals surface area contributed by atoms with E-state index in [1.165, 1.54) is 30.2 Å². The van der Waals surface area contributed by atoms with E-state index >= 15 is 0 Å². The Balaban J connectivity index is 1.91. The molecule has 9 heteroatoms. The lowest BCUT2D eigenvalue weighted by Gasteiger charge is -2.26. The second-order valence-electron chi connectivity index (χ2n) is 8.10. The molecule has 1 saturated heterocycles. The summed E-state index contributed by atoms with van der Waals surface area (Å²) in [6.45, 7) is 2.46. The van der Waals surface area contributed by atoms with Crippen LogP contribution in [0.4, 0.5) is 11.4 Å². The van der Waals surface area contributed by atoms with E-state index in [9.17, 15) is 24.8 Å². The largest absolute Gasteiger partial charge is 0.507 e. The smallest absolute Gasteiger partial charge is 0.300 e. The minimum Gasteiger partial charge on any atom is -0.507 e. The number of nitrogens with zero attached hydrogens (tertiary/aromatic N) is 2. The van der Waals surface area contributed by atoms with Crippen LogP contribution in [-0.2, 0) is 9.59 Å². The van der Waals surface area contributed by atoms with Gasteiger partial charge in [0, 0.05) is 23.4 Å². The van der Waals surface area contributed by atoms with E-state index in [-0.39, 0.29) is 16.8 Å². The number of non-ortho nitro benzene ring substituents is 1. The number of hydrogen-bond donors (Lipinski definition) is 1. The van der Waals surface area contributed by atoms with E-state index in [0.29, 0.717) is 29.4 Å². The van der Waals surface area contributed by atoms with Gasteiger partial charge < -0.3 is 14.6 Å². The van der Waals surface area contributed by atoms with E-state index in [4.69, 9.17) is 9.47 Å². The number of amides is 1. The van der Waals surface area contributed by atoms with Crippen molar-refractivity contribution in [3.63, 3.8) is 0 Å². The van der Waals surface area contributed by atoms with Crippen LogP contribution in [-0.4, -0.2) is 35.4 Å². The Morgan fingerprint density at radius 3 is 2.42 bits per heavy atom. The van der Waals surface area contributed by atoms with Crippen LogP contribution in [0.5, 0.6) is 11.5 Å². The van der Waals surface area contributed by atoms with Gasteiger partial charge in [0.05, 0.1) is 30.3 Å².